The number of benzene rings is 1. The maximum Gasteiger partial charge on any atom is 0.407 e. The molecule has 24 heavy (non-hydrogen) atoms. The van der Waals surface area contributed by atoms with Gasteiger partial charge in [-0.05, 0) is 38.7 Å². The zero-order chi connectivity index (χ0) is 18.2. The summed E-state index contributed by atoms with van der Waals surface area (Å²) in [5, 5.41) is 2.84. The number of rotatable bonds is 8. The molecular weight excluding hydrogens is 306 g/mol. The van der Waals surface area contributed by atoms with Gasteiger partial charge in [-0.2, -0.15) is 0 Å². The van der Waals surface area contributed by atoms with Crippen LogP contribution in [0.15, 0.2) is 30.3 Å². The minimum Gasteiger partial charge on any atom is -0.466 e. The van der Waals surface area contributed by atoms with E-state index in [0.717, 1.165) is 5.56 Å². The molecule has 0 aromatic heterocycles. The summed E-state index contributed by atoms with van der Waals surface area (Å²) in [7, 11) is 0. The van der Waals surface area contributed by atoms with Gasteiger partial charge in [0.2, 0.25) is 0 Å². The fraction of sp³-hybridized carbons (Fsp3) is 0.579. The highest BCUT2D eigenvalue weighted by Crippen LogP contribution is 2.27. The Labute approximate surface area is 144 Å². The summed E-state index contributed by atoms with van der Waals surface area (Å²) in [5.74, 6) is -0.00265. The Morgan fingerprint density at radius 1 is 1.12 bits per heavy atom. The van der Waals surface area contributed by atoms with Gasteiger partial charge in [0.15, 0.2) is 0 Å². The standard InChI is InChI=1S/C19H29NO4/c1-6-23-17(21)19(4,5)16(12-14(2)3)20-18(22)24-13-15-10-8-7-9-11-15/h7-11,14,16H,6,12-13H2,1-5H3,(H,20,22). The van der Waals surface area contributed by atoms with Crippen LogP contribution in [0.1, 0.15) is 46.6 Å². The Morgan fingerprint density at radius 3 is 2.29 bits per heavy atom. The van der Waals surface area contributed by atoms with Crippen LogP contribution in [0, 0.1) is 11.3 Å². The summed E-state index contributed by atoms with van der Waals surface area (Å²) >= 11 is 0. The summed E-state index contributed by atoms with van der Waals surface area (Å²) in [6.45, 7) is 9.95. The summed E-state index contributed by atoms with van der Waals surface area (Å²) in [6.07, 6.45) is 0.133. The molecule has 0 aliphatic carbocycles. The van der Waals surface area contributed by atoms with Crippen molar-refractivity contribution >= 4 is 12.1 Å². The fourth-order valence-electron chi connectivity index (χ4n) is 2.37. The molecule has 1 unspecified atom stereocenters. The highest BCUT2D eigenvalue weighted by Gasteiger charge is 2.39. The van der Waals surface area contributed by atoms with Crippen LogP contribution in [0.4, 0.5) is 4.79 Å². The molecule has 1 amide bonds. The molecule has 5 heteroatoms. The van der Waals surface area contributed by atoms with Crippen molar-refractivity contribution in [2.75, 3.05) is 6.61 Å². The molecule has 0 fully saturated rings. The van der Waals surface area contributed by atoms with Crippen LogP contribution >= 0.6 is 0 Å². The number of carbonyl (C=O) groups excluding carboxylic acids is 2. The van der Waals surface area contributed by atoms with E-state index in [4.69, 9.17) is 9.47 Å². The van der Waals surface area contributed by atoms with Crippen LogP contribution in [0.3, 0.4) is 0 Å². The highest BCUT2D eigenvalue weighted by atomic mass is 16.5. The first kappa shape index (κ1) is 20.0. The molecule has 0 saturated carbocycles. The summed E-state index contributed by atoms with van der Waals surface area (Å²) in [4.78, 5) is 24.4. The molecule has 1 atom stereocenters. The predicted octanol–water partition coefficient (Wildman–Crippen LogP) is 3.92. The Bertz CT molecular complexity index is 525. The first-order valence-corrected chi connectivity index (χ1v) is 8.41. The van der Waals surface area contributed by atoms with Gasteiger partial charge in [0.25, 0.3) is 0 Å². The number of hydrogen-bond donors (Lipinski definition) is 1. The number of alkyl carbamates (subject to hydrolysis) is 1. The van der Waals surface area contributed by atoms with Crippen LogP contribution in [0.5, 0.6) is 0 Å². The maximum absolute atomic E-state index is 12.2. The van der Waals surface area contributed by atoms with Crippen molar-refractivity contribution in [1.29, 1.82) is 0 Å². The highest BCUT2D eigenvalue weighted by molar-refractivity contribution is 5.78. The largest absolute Gasteiger partial charge is 0.466 e. The van der Waals surface area contributed by atoms with Gasteiger partial charge in [0, 0.05) is 6.04 Å². The first-order valence-electron chi connectivity index (χ1n) is 8.41. The third-order valence-electron chi connectivity index (χ3n) is 3.88. The molecule has 1 aromatic rings. The zero-order valence-corrected chi connectivity index (χ0v) is 15.3. The van der Waals surface area contributed by atoms with E-state index in [1.807, 2.05) is 44.2 Å². The van der Waals surface area contributed by atoms with Gasteiger partial charge in [-0.3, -0.25) is 4.79 Å². The lowest BCUT2D eigenvalue weighted by molar-refractivity contribution is -0.155. The first-order chi connectivity index (χ1) is 11.3. The number of ether oxygens (including phenoxy) is 2. The van der Waals surface area contributed by atoms with E-state index in [9.17, 15) is 9.59 Å². The monoisotopic (exact) mass is 335 g/mol. The van der Waals surface area contributed by atoms with Gasteiger partial charge < -0.3 is 14.8 Å². The second kappa shape index (κ2) is 9.30. The SMILES string of the molecule is CCOC(=O)C(C)(C)C(CC(C)C)NC(=O)OCc1ccccc1. The quantitative estimate of drug-likeness (QED) is 0.731. The van der Waals surface area contributed by atoms with E-state index in [-0.39, 0.29) is 18.6 Å². The summed E-state index contributed by atoms with van der Waals surface area (Å²) in [6, 6.07) is 9.11. The fourth-order valence-corrected chi connectivity index (χ4v) is 2.37. The Morgan fingerprint density at radius 2 is 1.75 bits per heavy atom. The van der Waals surface area contributed by atoms with Gasteiger partial charge in [0.05, 0.1) is 12.0 Å². The molecule has 5 nitrogen and oxygen atoms in total. The molecule has 1 rings (SSSR count). The summed E-state index contributed by atoms with van der Waals surface area (Å²) in [5.41, 5.74) is 0.0872. The van der Waals surface area contributed by atoms with Crippen LogP contribution in [-0.2, 0) is 20.9 Å². The number of carbonyl (C=O) groups is 2. The molecule has 0 aliphatic rings. The lowest BCUT2D eigenvalue weighted by Crippen LogP contribution is -2.50. The second-order valence-corrected chi connectivity index (χ2v) is 6.83. The second-order valence-electron chi connectivity index (χ2n) is 6.83. The molecule has 0 saturated heterocycles. The van der Waals surface area contributed by atoms with E-state index < -0.39 is 11.5 Å². The average Bonchev–Trinajstić information content (AvgIpc) is 2.53. The van der Waals surface area contributed by atoms with Crippen molar-refractivity contribution in [3.8, 4) is 0 Å². The molecule has 0 bridgehead atoms. The molecule has 1 aromatic carbocycles. The average molecular weight is 335 g/mol. The van der Waals surface area contributed by atoms with E-state index >= 15 is 0 Å². The van der Waals surface area contributed by atoms with E-state index in [2.05, 4.69) is 5.32 Å². The molecule has 0 spiro atoms. The van der Waals surface area contributed by atoms with Crippen LogP contribution in [0.2, 0.25) is 0 Å². The molecule has 134 valence electrons. The lowest BCUT2D eigenvalue weighted by atomic mass is 9.80. The predicted molar refractivity (Wildman–Crippen MR) is 93.4 cm³/mol. The van der Waals surface area contributed by atoms with Gasteiger partial charge in [0.1, 0.15) is 6.61 Å². The van der Waals surface area contributed by atoms with E-state index in [0.29, 0.717) is 18.9 Å². The maximum atomic E-state index is 12.2. The van der Waals surface area contributed by atoms with Crippen molar-refractivity contribution in [2.24, 2.45) is 11.3 Å². The Balaban J connectivity index is 2.70. The van der Waals surface area contributed by atoms with Gasteiger partial charge in [-0.1, -0.05) is 44.2 Å². The smallest absolute Gasteiger partial charge is 0.407 e. The zero-order valence-electron chi connectivity index (χ0n) is 15.3. The molecule has 0 heterocycles. The number of amides is 1. The third kappa shape index (κ3) is 6.22. The van der Waals surface area contributed by atoms with Crippen molar-refractivity contribution in [2.45, 2.75) is 53.7 Å². The van der Waals surface area contributed by atoms with Gasteiger partial charge >= 0.3 is 12.1 Å². The van der Waals surface area contributed by atoms with E-state index in [1.54, 1.807) is 20.8 Å². The number of esters is 1. The topological polar surface area (TPSA) is 64.6 Å². The van der Waals surface area contributed by atoms with Gasteiger partial charge in [-0.15, -0.1) is 0 Å². The number of hydrogen-bond acceptors (Lipinski definition) is 4. The number of nitrogens with one attached hydrogen (secondary N) is 1. The molecule has 0 radical (unpaired) electrons. The minimum atomic E-state index is -0.827. The molecule has 1 N–H and O–H groups in total. The van der Waals surface area contributed by atoms with Crippen LogP contribution in [-0.4, -0.2) is 24.7 Å². The van der Waals surface area contributed by atoms with E-state index in [1.165, 1.54) is 0 Å². The molecule has 0 aliphatic heterocycles. The lowest BCUT2D eigenvalue weighted by Gasteiger charge is -2.33. The van der Waals surface area contributed by atoms with Crippen molar-refractivity contribution in [3.63, 3.8) is 0 Å². The Kier molecular flexibility index (Phi) is 7.75. The van der Waals surface area contributed by atoms with Crippen molar-refractivity contribution in [1.82, 2.24) is 5.32 Å². The van der Waals surface area contributed by atoms with Gasteiger partial charge in [-0.25, -0.2) is 4.79 Å². The van der Waals surface area contributed by atoms with Crippen LogP contribution in [0.25, 0.3) is 0 Å². The third-order valence-corrected chi connectivity index (χ3v) is 3.88. The Hall–Kier alpha value is -2.04. The minimum absolute atomic E-state index is 0.195. The normalized spacial score (nSPS) is 12.6. The van der Waals surface area contributed by atoms with Crippen molar-refractivity contribution < 1.29 is 19.1 Å². The molecular formula is C19H29NO4. The summed E-state index contributed by atoms with van der Waals surface area (Å²) < 4.78 is 10.4. The van der Waals surface area contributed by atoms with Crippen LogP contribution < -0.4 is 5.32 Å². The van der Waals surface area contributed by atoms with Crippen molar-refractivity contribution in [3.05, 3.63) is 35.9 Å².